The van der Waals surface area contributed by atoms with Crippen molar-refractivity contribution in [2.45, 2.75) is 19.5 Å². The SMILES string of the molecule is Cc1cc(F)c(C(=O)Nc2ccc(Cc3cc(F)ccc3C(F)(F)F)cc2)c(F)c1. The largest absolute Gasteiger partial charge is 0.416 e. The van der Waals surface area contributed by atoms with Crippen LogP contribution in [0.15, 0.2) is 54.6 Å². The van der Waals surface area contributed by atoms with E-state index in [9.17, 15) is 31.1 Å². The van der Waals surface area contributed by atoms with Gasteiger partial charge in [-0.15, -0.1) is 0 Å². The summed E-state index contributed by atoms with van der Waals surface area (Å²) in [6, 6.07) is 9.93. The molecule has 30 heavy (non-hydrogen) atoms. The fourth-order valence-corrected chi connectivity index (χ4v) is 3.02. The van der Waals surface area contributed by atoms with Crippen molar-refractivity contribution < 1.29 is 31.1 Å². The molecule has 0 saturated heterocycles. The number of aryl methyl sites for hydroxylation is 1. The summed E-state index contributed by atoms with van der Waals surface area (Å²) in [5, 5.41) is 2.34. The molecule has 0 aliphatic carbocycles. The van der Waals surface area contributed by atoms with E-state index < -0.39 is 40.7 Å². The minimum atomic E-state index is -4.63. The van der Waals surface area contributed by atoms with Crippen LogP contribution in [0, 0.1) is 24.4 Å². The van der Waals surface area contributed by atoms with Crippen LogP contribution in [0.3, 0.4) is 0 Å². The minimum Gasteiger partial charge on any atom is -0.322 e. The summed E-state index contributed by atoms with van der Waals surface area (Å²) >= 11 is 0. The van der Waals surface area contributed by atoms with Crippen molar-refractivity contribution in [3.05, 3.63) is 99.9 Å². The molecule has 0 heterocycles. The van der Waals surface area contributed by atoms with Crippen LogP contribution >= 0.6 is 0 Å². The van der Waals surface area contributed by atoms with Gasteiger partial charge in [-0.1, -0.05) is 12.1 Å². The molecule has 0 saturated carbocycles. The van der Waals surface area contributed by atoms with E-state index in [0.717, 1.165) is 24.3 Å². The second kappa shape index (κ2) is 8.22. The van der Waals surface area contributed by atoms with Crippen LogP contribution in [0.5, 0.6) is 0 Å². The molecular formula is C22H15F6NO. The number of halogens is 6. The van der Waals surface area contributed by atoms with Gasteiger partial charge in [0.2, 0.25) is 0 Å². The molecule has 2 nitrogen and oxygen atoms in total. The van der Waals surface area contributed by atoms with E-state index in [4.69, 9.17) is 0 Å². The highest BCUT2D eigenvalue weighted by Crippen LogP contribution is 2.33. The van der Waals surface area contributed by atoms with Crippen LogP contribution < -0.4 is 5.32 Å². The summed E-state index contributed by atoms with van der Waals surface area (Å²) < 4.78 is 80.6. The molecule has 0 aliphatic rings. The van der Waals surface area contributed by atoms with Gasteiger partial charge < -0.3 is 5.32 Å². The summed E-state index contributed by atoms with van der Waals surface area (Å²) in [6.07, 6.45) is -4.82. The zero-order valence-corrected chi connectivity index (χ0v) is 15.6. The van der Waals surface area contributed by atoms with E-state index in [1.807, 2.05) is 0 Å². The third-order valence-corrected chi connectivity index (χ3v) is 4.39. The van der Waals surface area contributed by atoms with Crippen molar-refractivity contribution in [3.8, 4) is 0 Å². The van der Waals surface area contributed by atoms with Gasteiger partial charge in [-0.3, -0.25) is 4.79 Å². The Hall–Kier alpha value is -3.29. The number of carbonyl (C=O) groups is 1. The van der Waals surface area contributed by atoms with Gasteiger partial charge in [0.25, 0.3) is 5.91 Å². The fraction of sp³-hybridized carbons (Fsp3) is 0.136. The Morgan fingerprint density at radius 3 is 2.07 bits per heavy atom. The molecule has 0 atom stereocenters. The van der Waals surface area contributed by atoms with Crippen molar-refractivity contribution in [1.29, 1.82) is 0 Å². The highest BCUT2D eigenvalue weighted by molar-refractivity contribution is 6.04. The van der Waals surface area contributed by atoms with E-state index in [0.29, 0.717) is 17.2 Å². The predicted molar refractivity (Wildman–Crippen MR) is 99.7 cm³/mol. The number of rotatable bonds is 4. The van der Waals surface area contributed by atoms with Crippen LogP contribution in [-0.4, -0.2) is 5.91 Å². The molecule has 0 radical (unpaired) electrons. The summed E-state index contributed by atoms with van der Waals surface area (Å²) in [7, 11) is 0. The molecule has 0 aromatic heterocycles. The molecule has 0 fully saturated rings. The molecule has 1 amide bonds. The van der Waals surface area contributed by atoms with Gasteiger partial charge in [0, 0.05) is 5.69 Å². The summed E-state index contributed by atoms with van der Waals surface area (Å²) in [4.78, 5) is 12.2. The van der Waals surface area contributed by atoms with Gasteiger partial charge in [0.05, 0.1) is 5.56 Å². The smallest absolute Gasteiger partial charge is 0.322 e. The lowest BCUT2D eigenvalue weighted by atomic mass is 9.99. The predicted octanol–water partition coefficient (Wildman–Crippen LogP) is 6.27. The lowest BCUT2D eigenvalue weighted by molar-refractivity contribution is -0.138. The number of hydrogen-bond donors (Lipinski definition) is 1. The number of nitrogens with one attached hydrogen (secondary N) is 1. The molecule has 0 unspecified atom stereocenters. The van der Waals surface area contributed by atoms with Crippen molar-refractivity contribution in [2.75, 3.05) is 5.32 Å². The Balaban J connectivity index is 1.78. The molecular weight excluding hydrogens is 408 g/mol. The highest BCUT2D eigenvalue weighted by Gasteiger charge is 2.33. The molecule has 0 spiro atoms. The van der Waals surface area contributed by atoms with Gasteiger partial charge in [-0.05, 0) is 72.5 Å². The second-order valence-corrected chi connectivity index (χ2v) is 6.73. The maximum absolute atomic E-state index is 13.9. The van der Waals surface area contributed by atoms with Crippen molar-refractivity contribution in [3.63, 3.8) is 0 Å². The number of amides is 1. The van der Waals surface area contributed by atoms with Crippen LogP contribution in [0.4, 0.5) is 32.0 Å². The first-order valence-corrected chi connectivity index (χ1v) is 8.76. The van der Waals surface area contributed by atoms with E-state index in [2.05, 4.69) is 5.32 Å². The third-order valence-electron chi connectivity index (χ3n) is 4.39. The second-order valence-electron chi connectivity index (χ2n) is 6.73. The topological polar surface area (TPSA) is 29.1 Å². The van der Waals surface area contributed by atoms with E-state index in [1.165, 1.54) is 31.2 Å². The van der Waals surface area contributed by atoms with Crippen LogP contribution in [0.1, 0.15) is 32.6 Å². The van der Waals surface area contributed by atoms with Gasteiger partial charge in [0.15, 0.2) is 0 Å². The van der Waals surface area contributed by atoms with E-state index in [-0.39, 0.29) is 17.7 Å². The van der Waals surface area contributed by atoms with Crippen LogP contribution in [0.2, 0.25) is 0 Å². The van der Waals surface area contributed by atoms with Gasteiger partial charge in [-0.2, -0.15) is 13.2 Å². The maximum atomic E-state index is 13.9. The number of carbonyl (C=O) groups excluding carboxylic acids is 1. The molecule has 1 N–H and O–H groups in total. The molecule has 0 aliphatic heterocycles. The minimum absolute atomic E-state index is 0.192. The normalized spacial score (nSPS) is 11.4. The van der Waals surface area contributed by atoms with E-state index in [1.54, 1.807) is 0 Å². The first kappa shape index (κ1) is 21.4. The Bertz CT molecular complexity index is 1070. The van der Waals surface area contributed by atoms with Gasteiger partial charge >= 0.3 is 6.18 Å². The zero-order chi connectivity index (χ0) is 22.1. The number of anilines is 1. The van der Waals surface area contributed by atoms with Crippen LogP contribution in [0.25, 0.3) is 0 Å². The number of hydrogen-bond acceptors (Lipinski definition) is 1. The lowest BCUT2D eigenvalue weighted by Gasteiger charge is -2.13. The Morgan fingerprint density at radius 1 is 0.900 bits per heavy atom. The zero-order valence-electron chi connectivity index (χ0n) is 15.6. The quantitative estimate of drug-likeness (QED) is 0.492. The van der Waals surface area contributed by atoms with Gasteiger partial charge in [0.1, 0.15) is 23.0 Å². The van der Waals surface area contributed by atoms with E-state index >= 15 is 0 Å². The fourth-order valence-electron chi connectivity index (χ4n) is 3.02. The van der Waals surface area contributed by atoms with Crippen molar-refractivity contribution in [2.24, 2.45) is 0 Å². The summed E-state index contributed by atoms with van der Waals surface area (Å²) in [5.74, 6) is -3.80. The average molecular weight is 423 g/mol. The average Bonchev–Trinajstić information content (AvgIpc) is 2.61. The monoisotopic (exact) mass is 423 g/mol. The summed E-state index contributed by atoms with van der Waals surface area (Å²) in [5.41, 5.74) is -0.967. The molecule has 8 heteroatoms. The molecule has 0 bridgehead atoms. The first-order chi connectivity index (χ1) is 14.0. The maximum Gasteiger partial charge on any atom is 0.416 e. The van der Waals surface area contributed by atoms with Gasteiger partial charge in [-0.25, -0.2) is 13.2 Å². The van der Waals surface area contributed by atoms with Crippen LogP contribution in [-0.2, 0) is 12.6 Å². The lowest BCUT2D eigenvalue weighted by Crippen LogP contribution is -2.16. The third kappa shape index (κ3) is 4.82. The van der Waals surface area contributed by atoms with Crippen molar-refractivity contribution >= 4 is 11.6 Å². The Kier molecular flexibility index (Phi) is 5.87. The number of benzene rings is 3. The summed E-state index contributed by atoms with van der Waals surface area (Å²) in [6.45, 7) is 1.48. The Labute approximate surface area is 168 Å². The highest BCUT2D eigenvalue weighted by atomic mass is 19.4. The first-order valence-electron chi connectivity index (χ1n) is 8.76. The molecule has 3 rings (SSSR count). The van der Waals surface area contributed by atoms with Crippen molar-refractivity contribution in [1.82, 2.24) is 0 Å². The Morgan fingerprint density at radius 2 is 1.50 bits per heavy atom. The molecule has 3 aromatic rings. The standard InChI is InChI=1S/C22H15F6NO/c1-12-8-18(24)20(19(25)9-12)21(30)29-16-5-2-13(3-6-16)10-14-11-15(23)4-7-17(14)22(26,27)28/h2-9,11H,10H2,1H3,(H,29,30). The molecule has 156 valence electrons. The number of alkyl halides is 3. The molecule has 3 aromatic carbocycles.